The molecule has 21 heavy (non-hydrogen) atoms. The predicted octanol–water partition coefficient (Wildman–Crippen LogP) is 2.04. The van der Waals surface area contributed by atoms with Gasteiger partial charge in [-0.25, -0.2) is 4.98 Å². The lowest BCUT2D eigenvalue weighted by molar-refractivity contribution is 0.0681. The second-order valence-electron chi connectivity index (χ2n) is 6.30. The van der Waals surface area contributed by atoms with Crippen molar-refractivity contribution >= 4 is 22.1 Å². The SMILES string of the molecule is CNCc1c(N(C)CC2(N(C)C)CCC2)nc2sccn12. The quantitative estimate of drug-likeness (QED) is 0.886. The maximum Gasteiger partial charge on any atom is 0.195 e. The molecule has 1 aliphatic rings. The molecule has 0 spiro atoms. The molecule has 0 aromatic carbocycles. The van der Waals surface area contributed by atoms with Crippen molar-refractivity contribution in [3.05, 3.63) is 17.3 Å². The van der Waals surface area contributed by atoms with Gasteiger partial charge in [0.1, 0.15) is 0 Å². The standard InChI is InChI=1S/C15H25N5S/c1-16-10-12-13(17-14-20(12)8-9-21-14)19(4)11-15(18(2)3)6-5-7-15/h8-9,16H,5-7,10-11H2,1-4H3. The maximum absolute atomic E-state index is 4.84. The summed E-state index contributed by atoms with van der Waals surface area (Å²) < 4.78 is 2.20. The zero-order valence-electron chi connectivity index (χ0n) is 13.4. The molecule has 0 atom stereocenters. The van der Waals surface area contributed by atoms with Crippen LogP contribution in [-0.4, -0.2) is 54.6 Å². The number of imidazole rings is 1. The summed E-state index contributed by atoms with van der Waals surface area (Å²) in [6, 6.07) is 0. The van der Waals surface area contributed by atoms with Crippen molar-refractivity contribution in [2.75, 3.05) is 39.6 Å². The van der Waals surface area contributed by atoms with Crippen LogP contribution in [0, 0.1) is 0 Å². The Bertz CT molecular complexity index is 611. The molecule has 1 aliphatic carbocycles. The normalized spacial score (nSPS) is 17.4. The summed E-state index contributed by atoms with van der Waals surface area (Å²) in [5.74, 6) is 1.12. The summed E-state index contributed by atoms with van der Waals surface area (Å²) >= 11 is 1.70. The molecule has 1 N–H and O–H groups in total. The maximum atomic E-state index is 4.84. The van der Waals surface area contributed by atoms with Crippen LogP contribution in [0.4, 0.5) is 5.82 Å². The Morgan fingerprint density at radius 3 is 2.71 bits per heavy atom. The number of fused-ring (bicyclic) bond motifs is 1. The zero-order chi connectivity index (χ0) is 15.0. The Morgan fingerprint density at radius 1 is 1.38 bits per heavy atom. The molecule has 6 heteroatoms. The lowest BCUT2D eigenvalue weighted by Gasteiger charge is -2.49. The van der Waals surface area contributed by atoms with E-state index in [1.54, 1.807) is 11.3 Å². The highest BCUT2D eigenvalue weighted by Gasteiger charge is 2.40. The van der Waals surface area contributed by atoms with Crippen LogP contribution in [-0.2, 0) is 6.54 Å². The monoisotopic (exact) mass is 307 g/mol. The first kappa shape index (κ1) is 14.8. The minimum absolute atomic E-state index is 0.322. The molecule has 5 nitrogen and oxygen atoms in total. The fourth-order valence-corrected chi connectivity index (χ4v) is 4.03. The van der Waals surface area contributed by atoms with Gasteiger partial charge in [0.15, 0.2) is 10.8 Å². The Kier molecular flexibility index (Phi) is 3.94. The number of likely N-dealkylation sites (N-methyl/N-ethyl adjacent to an activating group) is 2. The fraction of sp³-hybridized carbons (Fsp3) is 0.667. The highest BCUT2D eigenvalue weighted by Crippen LogP contribution is 2.38. The van der Waals surface area contributed by atoms with E-state index in [9.17, 15) is 0 Å². The van der Waals surface area contributed by atoms with E-state index in [1.807, 2.05) is 7.05 Å². The van der Waals surface area contributed by atoms with Gasteiger partial charge in [-0.1, -0.05) is 0 Å². The van der Waals surface area contributed by atoms with E-state index in [-0.39, 0.29) is 0 Å². The van der Waals surface area contributed by atoms with Crippen molar-refractivity contribution in [1.29, 1.82) is 0 Å². The number of anilines is 1. The van der Waals surface area contributed by atoms with Gasteiger partial charge in [-0.3, -0.25) is 4.40 Å². The highest BCUT2D eigenvalue weighted by atomic mass is 32.1. The predicted molar refractivity (Wildman–Crippen MR) is 89.4 cm³/mol. The van der Waals surface area contributed by atoms with Gasteiger partial charge in [0.25, 0.3) is 0 Å². The van der Waals surface area contributed by atoms with Crippen LogP contribution in [0.5, 0.6) is 0 Å². The minimum Gasteiger partial charge on any atom is -0.356 e. The largest absolute Gasteiger partial charge is 0.356 e. The first-order valence-electron chi connectivity index (χ1n) is 7.55. The molecule has 0 bridgehead atoms. The van der Waals surface area contributed by atoms with E-state index < -0.39 is 0 Å². The van der Waals surface area contributed by atoms with Crippen molar-refractivity contribution in [2.24, 2.45) is 0 Å². The zero-order valence-corrected chi connectivity index (χ0v) is 14.2. The van der Waals surface area contributed by atoms with Crippen LogP contribution >= 0.6 is 11.3 Å². The van der Waals surface area contributed by atoms with E-state index in [0.29, 0.717) is 5.54 Å². The van der Waals surface area contributed by atoms with E-state index in [1.165, 1.54) is 25.0 Å². The van der Waals surface area contributed by atoms with Crippen LogP contribution in [0.25, 0.3) is 4.96 Å². The van der Waals surface area contributed by atoms with Crippen LogP contribution < -0.4 is 10.2 Å². The Hall–Kier alpha value is -1.11. The first-order chi connectivity index (χ1) is 10.1. The number of thiazole rings is 1. The van der Waals surface area contributed by atoms with Crippen molar-refractivity contribution in [3.8, 4) is 0 Å². The summed E-state index contributed by atoms with van der Waals surface area (Å²) in [7, 11) is 8.57. The molecule has 0 radical (unpaired) electrons. The smallest absolute Gasteiger partial charge is 0.195 e. The third kappa shape index (κ3) is 2.45. The van der Waals surface area contributed by atoms with Gasteiger partial charge in [-0.15, -0.1) is 11.3 Å². The Morgan fingerprint density at radius 2 is 2.14 bits per heavy atom. The second-order valence-corrected chi connectivity index (χ2v) is 7.17. The van der Waals surface area contributed by atoms with Gasteiger partial charge >= 0.3 is 0 Å². The van der Waals surface area contributed by atoms with Crippen molar-refractivity contribution < 1.29 is 0 Å². The number of nitrogens with one attached hydrogen (secondary N) is 1. The van der Waals surface area contributed by atoms with E-state index in [0.717, 1.165) is 23.9 Å². The number of nitrogens with zero attached hydrogens (tertiary/aromatic N) is 4. The minimum atomic E-state index is 0.322. The summed E-state index contributed by atoms with van der Waals surface area (Å²) in [6.45, 7) is 1.88. The van der Waals surface area contributed by atoms with Gasteiger partial charge in [0.05, 0.1) is 5.69 Å². The van der Waals surface area contributed by atoms with E-state index >= 15 is 0 Å². The van der Waals surface area contributed by atoms with E-state index in [4.69, 9.17) is 4.98 Å². The number of hydrogen-bond acceptors (Lipinski definition) is 5. The average molecular weight is 307 g/mol. The molecule has 2 aromatic heterocycles. The molecule has 0 amide bonds. The fourth-order valence-electron chi connectivity index (χ4n) is 3.31. The molecular weight excluding hydrogens is 282 g/mol. The van der Waals surface area contributed by atoms with E-state index in [2.05, 4.69) is 52.2 Å². The van der Waals surface area contributed by atoms with Gasteiger partial charge in [-0.2, -0.15) is 0 Å². The molecule has 1 fully saturated rings. The number of hydrogen-bond donors (Lipinski definition) is 1. The summed E-state index contributed by atoms with van der Waals surface area (Å²) in [5, 5.41) is 5.36. The topological polar surface area (TPSA) is 35.8 Å². The van der Waals surface area contributed by atoms with Crippen molar-refractivity contribution in [2.45, 2.75) is 31.3 Å². The van der Waals surface area contributed by atoms with Crippen LogP contribution in [0.1, 0.15) is 25.0 Å². The third-order valence-electron chi connectivity index (χ3n) is 4.81. The van der Waals surface area contributed by atoms with Crippen molar-refractivity contribution in [1.82, 2.24) is 19.6 Å². The molecular formula is C15H25N5S. The second kappa shape index (κ2) is 5.59. The summed E-state index contributed by atoms with van der Waals surface area (Å²) in [5.41, 5.74) is 1.58. The molecule has 0 saturated heterocycles. The molecule has 116 valence electrons. The Balaban J connectivity index is 1.88. The van der Waals surface area contributed by atoms with Crippen LogP contribution in [0.3, 0.4) is 0 Å². The average Bonchev–Trinajstić information content (AvgIpc) is 2.96. The first-order valence-corrected chi connectivity index (χ1v) is 8.43. The number of aromatic nitrogens is 2. The van der Waals surface area contributed by atoms with Gasteiger partial charge in [-0.05, 0) is 40.4 Å². The molecule has 1 saturated carbocycles. The molecule has 0 aliphatic heterocycles. The van der Waals surface area contributed by atoms with Gasteiger partial charge in [0.2, 0.25) is 0 Å². The summed E-state index contributed by atoms with van der Waals surface area (Å²) in [4.78, 5) is 10.7. The number of rotatable bonds is 6. The highest BCUT2D eigenvalue weighted by molar-refractivity contribution is 7.15. The lowest BCUT2D eigenvalue weighted by Crippen LogP contribution is -2.57. The summed E-state index contributed by atoms with van der Waals surface area (Å²) in [6.07, 6.45) is 6.03. The third-order valence-corrected chi connectivity index (χ3v) is 5.57. The molecule has 3 rings (SSSR count). The molecule has 0 unspecified atom stereocenters. The van der Waals surface area contributed by atoms with Gasteiger partial charge in [0, 0.05) is 37.3 Å². The molecule has 2 aromatic rings. The molecule has 2 heterocycles. The Labute approximate surface area is 130 Å². The van der Waals surface area contributed by atoms with Gasteiger partial charge < -0.3 is 15.1 Å². The lowest BCUT2D eigenvalue weighted by atomic mass is 9.75. The van der Waals surface area contributed by atoms with Crippen LogP contribution in [0.15, 0.2) is 11.6 Å². The van der Waals surface area contributed by atoms with Crippen LogP contribution in [0.2, 0.25) is 0 Å². The van der Waals surface area contributed by atoms with Crippen molar-refractivity contribution in [3.63, 3.8) is 0 Å².